The van der Waals surface area contributed by atoms with Crippen molar-refractivity contribution in [1.29, 1.82) is 0 Å². The van der Waals surface area contributed by atoms with Gasteiger partial charge in [-0.2, -0.15) is 0 Å². The fourth-order valence-electron chi connectivity index (χ4n) is 2.97. The number of carbonyl (C=O) groups excluding carboxylic acids is 1. The molecule has 1 amide bonds. The van der Waals surface area contributed by atoms with Crippen molar-refractivity contribution in [3.8, 4) is 11.5 Å². The zero-order valence-corrected chi connectivity index (χ0v) is 18.2. The molecule has 0 heterocycles. The lowest BCUT2D eigenvalue weighted by Crippen LogP contribution is -2.48. The maximum atomic E-state index is 12.8. The predicted molar refractivity (Wildman–Crippen MR) is 114 cm³/mol. The number of carbonyl (C=O) groups is 1. The van der Waals surface area contributed by atoms with Crippen LogP contribution in [0.1, 0.15) is 32.4 Å². The Labute approximate surface area is 172 Å². The van der Waals surface area contributed by atoms with Crippen LogP contribution in [0, 0.1) is 0 Å². The van der Waals surface area contributed by atoms with Gasteiger partial charge in [0.2, 0.25) is 15.9 Å². The molecule has 29 heavy (non-hydrogen) atoms. The molecule has 0 saturated carbocycles. The molecule has 2 aromatic rings. The highest BCUT2D eigenvalue weighted by molar-refractivity contribution is 7.92. The Morgan fingerprint density at radius 2 is 1.59 bits per heavy atom. The number of anilines is 1. The summed E-state index contributed by atoms with van der Waals surface area (Å²) in [4.78, 5) is 12.8. The molecule has 0 aliphatic rings. The summed E-state index contributed by atoms with van der Waals surface area (Å²) in [5.41, 5.74) is 1.29. The maximum Gasteiger partial charge on any atom is 0.244 e. The summed E-state index contributed by atoms with van der Waals surface area (Å²) in [6.45, 7) is 5.78. The van der Waals surface area contributed by atoms with Crippen LogP contribution in [-0.2, 0) is 14.8 Å². The van der Waals surface area contributed by atoms with Gasteiger partial charge in [-0.25, -0.2) is 8.42 Å². The van der Waals surface area contributed by atoms with Crippen LogP contribution in [0.2, 0.25) is 0 Å². The molecular weight excluding hydrogens is 392 g/mol. The maximum absolute atomic E-state index is 12.8. The molecule has 2 rings (SSSR count). The smallest absolute Gasteiger partial charge is 0.244 e. The number of amides is 1. The van der Waals surface area contributed by atoms with Gasteiger partial charge in [-0.05, 0) is 62.7 Å². The fourth-order valence-corrected chi connectivity index (χ4v) is 4.15. The molecule has 0 radical (unpaired) electrons. The lowest BCUT2D eigenvalue weighted by atomic mass is 10.1. The second-order valence-electron chi connectivity index (χ2n) is 6.67. The van der Waals surface area contributed by atoms with E-state index in [0.717, 1.165) is 21.9 Å². The second kappa shape index (κ2) is 9.65. The Morgan fingerprint density at radius 1 is 1.03 bits per heavy atom. The van der Waals surface area contributed by atoms with Gasteiger partial charge < -0.3 is 14.8 Å². The monoisotopic (exact) mass is 420 g/mol. The Kier molecular flexibility index (Phi) is 7.50. The van der Waals surface area contributed by atoms with E-state index in [1.165, 1.54) is 0 Å². The molecule has 0 saturated heterocycles. The van der Waals surface area contributed by atoms with Gasteiger partial charge in [0.25, 0.3) is 0 Å². The zero-order valence-electron chi connectivity index (χ0n) is 17.4. The molecule has 2 atom stereocenters. The third-order valence-corrected chi connectivity index (χ3v) is 5.71. The largest absolute Gasteiger partial charge is 0.497 e. The summed E-state index contributed by atoms with van der Waals surface area (Å²) in [7, 11) is -2.10. The Bertz CT molecular complexity index is 911. The minimum Gasteiger partial charge on any atom is -0.497 e. The minimum atomic E-state index is -3.68. The van der Waals surface area contributed by atoms with E-state index in [2.05, 4.69) is 5.32 Å². The summed E-state index contributed by atoms with van der Waals surface area (Å²) in [6.07, 6.45) is 1.08. The molecule has 0 bridgehead atoms. The topological polar surface area (TPSA) is 84.9 Å². The number of sulfonamides is 1. The van der Waals surface area contributed by atoms with Crippen LogP contribution in [0.5, 0.6) is 11.5 Å². The summed E-state index contributed by atoms with van der Waals surface area (Å²) in [5.74, 6) is 0.960. The zero-order chi connectivity index (χ0) is 21.6. The Hall–Kier alpha value is -2.74. The van der Waals surface area contributed by atoms with Gasteiger partial charge in [-0.15, -0.1) is 0 Å². The van der Waals surface area contributed by atoms with Gasteiger partial charge in [-0.3, -0.25) is 9.10 Å². The number of nitrogens with one attached hydrogen (secondary N) is 1. The van der Waals surface area contributed by atoms with Crippen LogP contribution in [0.3, 0.4) is 0 Å². The number of hydrogen-bond donors (Lipinski definition) is 1. The lowest BCUT2D eigenvalue weighted by Gasteiger charge is -2.29. The summed E-state index contributed by atoms with van der Waals surface area (Å²) in [6, 6.07) is 12.7. The first-order chi connectivity index (χ1) is 13.7. The minimum absolute atomic E-state index is 0.294. The van der Waals surface area contributed by atoms with Crippen LogP contribution in [0.4, 0.5) is 5.69 Å². The molecule has 0 unspecified atom stereocenters. The average Bonchev–Trinajstić information content (AvgIpc) is 2.68. The van der Waals surface area contributed by atoms with E-state index in [1.54, 1.807) is 38.3 Å². The van der Waals surface area contributed by atoms with Crippen molar-refractivity contribution >= 4 is 21.6 Å². The van der Waals surface area contributed by atoms with Gasteiger partial charge >= 0.3 is 0 Å². The van der Waals surface area contributed by atoms with Crippen LogP contribution < -0.4 is 19.1 Å². The Morgan fingerprint density at radius 3 is 2.07 bits per heavy atom. The van der Waals surface area contributed by atoms with Gasteiger partial charge in [0.15, 0.2) is 0 Å². The van der Waals surface area contributed by atoms with Crippen LogP contribution in [-0.4, -0.2) is 40.3 Å². The molecule has 1 N–H and O–H groups in total. The van der Waals surface area contributed by atoms with Crippen molar-refractivity contribution in [2.75, 3.05) is 24.3 Å². The van der Waals surface area contributed by atoms with Crippen molar-refractivity contribution in [3.63, 3.8) is 0 Å². The van der Waals surface area contributed by atoms with E-state index in [9.17, 15) is 13.2 Å². The molecule has 2 aromatic carbocycles. The number of nitrogens with zero attached hydrogens (tertiary/aromatic N) is 1. The van der Waals surface area contributed by atoms with Crippen LogP contribution in [0.25, 0.3) is 0 Å². The lowest BCUT2D eigenvalue weighted by molar-refractivity contribution is -0.122. The van der Waals surface area contributed by atoms with E-state index in [0.29, 0.717) is 18.0 Å². The van der Waals surface area contributed by atoms with Gasteiger partial charge in [0.1, 0.15) is 17.5 Å². The molecule has 0 spiro atoms. The first-order valence-electron chi connectivity index (χ1n) is 9.34. The van der Waals surface area contributed by atoms with Crippen molar-refractivity contribution < 1.29 is 22.7 Å². The molecule has 0 aliphatic heterocycles. The average molecular weight is 421 g/mol. The third-order valence-electron chi connectivity index (χ3n) is 4.47. The van der Waals surface area contributed by atoms with E-state index in [1.807, 2.05) is 38.1 Å². The molecule has 0 aromatic heterocycles. The number of ether oxygens (including phenoxy) is 2. The first-order valence-corrected chi connectivity index (χ1v) is 11.2. The number of methoxy groups -OCH3 is 1. The SMILES string of the molecule is CCOc1ccc(N([C@@H](C)C(=O)N[C@H](C)c2ccc(OC)cc2)S(C)(=O)=O)cc1. The van der Waals surface area contributed by atoms with Gasteiger partial charge in [0, 0.05) is 0 Å². The second-order valence-corrected chi connectivity index (χ2v) is 8.52. The highest BCUT2D eigenvalue weighted by atomic mass is 32.2. The quantitative estimate of drug-likeness (QED) is 0.674. The predicted octanol–water partition coefficient (Wildman–Crippen LogP) is 3.13. The molecule has 7 nitrogen and oxygen atoms in total. The van der Waals surface area contributed by atoms with Gasteiger partial charge in [-0.1, -0.05) is 12.1 Å². The molecule has 0 aliphatic carbocycles. The normalized spacial score (nSPS) is 13.3. The van der Waals surface area contributed by atoms with E-state index < -0.39 is 22.0 Å². The van der Waals surface area contributed by atoms with E-state index in [4.69, 9.17) is 9.47 Å². The molecule has 158 valence electrons. The first kappa shape index (κ1) is 22.5. The van der Waals surface area contributed by atoms with E-state index in [-0.39, 0.29) is 6.04 Å². The van der Waals surface area contributed by atoms with E-state index >= 15 is 0 Å². The molecule has 8 heteroatoms. The van der Waals surface area contributed by atoms with Crippen molar-refractivity contribution in [1.82, 2.24) is 5.32 Å². The number of hydrogen-bond acceptors (Lipinski definition) is 5. The van der Waals surface area contributed by atoms with Gasteiger partial charge in [0.05, 0.1) is 31.7 Å². The van der Waals surface area contributed by atoms with Crippen molar-refractivity contribution in [3.05, 3.63) is 54.1 Å². The molecular formula is C21H28N2O5S. The number of rotatable bonds is 9. The Balaban J connectivity index is 2.19. The standard InChI is InChI=1S/C21H28N2O5S/c1-6-28-20-13-9-18(10-14-20)23(29(5,25)26)16(3)21(24)22-15(2)17-7-11-19(27-4)12-8-17/h7-16H,6H2,1-5H3,(H,22,24)/t15-,16+/m1/s1. The highest BCUT2D eigenvalue weighted by Crippen LogP contribution is 2.25. The van der Waals surface area contributed by atoms with Crippen molar-refractivity contribution in [2.24, 2.45) is 0 Å². The third kappa shape index (κ3) is 5.87. The van der Waals surface area contributed by atoms with Crippen molar-refractivity contribution in [2.45, 2.75) is 32.9 Å². The van der Waals surface area contributed by atoms with Crippen LogP contribution >= 0.6 is 0 Å². The highest BCUT2D eigenvalue weighted by Gasteiger charge is 2.30. The molecule has 0 fully saturated rings. The summed E-state index contributed by atoms with van der Waals surface area (Å²) in [5, 5.41) is 2.88. The number of benzene rings is 2. The van der Waals surface area contributed by atoms with Crippen LogP contribution in [0.15, 0.2) is 48.5 Å². The fraction of sp³-hybridized carbons (Fsp3) is 0.381. The summed E-state index contributed by atoms with van der Waals surface area (Å²) >= 11 is 0. The summed E-state index contributed by atoms with van der Waals surface area (Å²) < 4.78 is 36.5.